The number of nitrogens with one attached hydrogen (secondary N) is 1. The molecule has 23 heavy (non-hydrogen) atoms. The molecule has 3 rings (SSSR count). The molecule has 0 saturated carbocycles. The number of amides is 1. The molecule has 1 amide bonds. The zero-order valence-electron chi connectivity index (χ0n) is 13.2. The van der Waals surface area contributed by atoms with Gasteiger partial charge in [-0.2, -0.15) is 0 Å². The standard InChI is InChI=1S/C16H20N4O3/c1-16(2)9-13(22)17-7-8-20(16)10-14-18-19-15(23-14)11-5-3-4-6-12(11)21/h3-6,21H,7-10H2,1-2H3,(H,17,22). The number of hydrogen-bond donors (Lipinski definition) is 2. The first-order valence-corrected chi connectivity index (χ1v) is 7.58. The van der Waals surface area contributed by atoms with E-state index in [-0.39, 0.29) is 17.2 Å². The minimum absolute atomic E-state index is 0.0536. The lowest BCUT2D eigenvalue weighted by Gasteiger charge is -2.34. The summed E-state index contributed by atoms with van der Waals surface area (Å²) >= 11 is 0. The molecule has 1 fully saturated rings. The van der Waals surface area contributed by atoms with Gasteiger partial charge in [-0.3, -0.25) is 9.69 Å². The summed E-state index contributed by atoms with van der Waals surface area (Å²) in [6.07, 6.45) is 0.424. The summed E-state index contributed by atoms with van der Waals surface area (Å²) in [6.45, 7) is 5.83. The Labute approximate surface area is 134 Å². The van der Waals surface area contributed by atoms with Crippen molar-refractivity contribution >= 4 is 5.91 Å². The van der Waals surface area contributed by atoms with Crippen LogP contribution in [0, 0.1) is 0 Å². The van der Waals surface area contributed by atoms with Gasteiger partial charge < -0.3 is 14.8 Å². The Morgan fingerprint density at radius 2 is 2.13 bits per heavy atom. The molecule has 2 aromatic rings. The highest BCUT2D eigenvalue weighted by molar-refractivity contribution is 5.77. The summed E-state index contributed by atoms with van der Waals surface area (Å²) in [5.41, 5.74) is 0.225. The molecule has 2 N–H and O–H groups in total. The molecule has 0 atom stereocenters. The third-order valence-corrected chi connectivity index (χ3v) is 4.08. The Morgan fingerprint density at radius 3 is 2.91 bits per heavy atom. The molecule has 1 aromatic carbocycles. The third kappa shape index (κ3) is 3.34. The summed E-state index contributed by atoms with van der Waals surface area (Å²) in [5, 5.41) is 20.8. The summed E-state index contributed by atoms with van der Waals surface area (Å²) in [5.74, 6) is 0.913. The van der Waals surface area contributed by atoms with Crippen LogP contribution in [0.5, 0.6) is 5.75 Å². The van der Waals surface area contributed by atoms with Crippen LogP contribution in [0.2, 0.25) is 0 Å². The molecule has 0 spiro atoms. The highest BCUT2D eigenvalue weighted by Gasteiger charge is 2.32. The Bertz CT molecular complexity index is 711. The number of benzene rings is 1. The fraction of sp³-hybridized carbons (Fsp3) is 0.438. The quantitative estimate of drug-likeness (QED) is 0.892. The van der Waals surface area contributed by atoms with Gasteiger partial charge in [0.2, 0.25) is 11.8 Å². The summed E-state index contributed by atoms with van der Waals surface area (Å²) in [7, 11) is 0. The van der Waals surface area contributed by atoms with Crippen LogP contribution < -0.4 is 5.32 Å². The number of aromatic nitrogens is 2. The van der Waals surface area contributed by atoms with E-state index in [0.29, 0.717) is 43.4 Å². The molecule has 0 unspecified atom stereocenters. The van der Waals surface area contributed by atoms with E-state index in [1.54, 1.807) is 24.3 Å². The van der Waals surface area contributed by atoms with E-state index in [4.69, 9.17) is 4.42 Å². The van der Waals surface area contributed by atoms with Gasteiger partial charge in [-0.05, 0) is 26.0 Å². The molecule has 1 aromatic heterocycles. The molecule has 0 aliphatic carbocycles. The van der Waals surface area contributed by atoms with Crippen molar-refractivity contribution in [3.63, 3.8) is 0 Å². The fourth-order valence-corrected chi connectivity index (χ4v) is 2.74. The van der Waals surface area contributed by atoms with Crippen LogP contribution in [0.3, 0.4) is 0 Å². The SMILES string of the molecule is CC1(C)CC(=O)NCCN1Cc1nnc(-c2ccccc2O)o1. The Balaban J connectivity index is 1.79. The fourth-order valence-electron chi connectivity index (χ4n) is 2.74. The van der Waals surface area contributed by atoms with Gasteiger partial charge in [-0.25, -0.2) is 0 Å². The first kappa shape index (κ1) is 15.5. The van der Waals surface area contributed by atoms with Crippen molar-refractivity contribution in [2.75, 3.05) is 13.1 Å². The second kappa shape index (κ2) is 6.00. The van der Waals surface area contributed by atoms with Crippen molar-refractivity contribution in [3.05, 3.63) is 30.2 Å². The van der Waals surface area contributed by atoms with Crippen molar-refractivity contribution in [1.29, 1.82) is 0 Å². The maximum Gasteiger partial charge on any atom is 0.251 e. The topological polar surface area (TPSA) is 91.5 Å². The molecule has 1 aliphatic heterocycles. The van der Waals surface area contributed by atoms with Gasteiger partial charge >= 0.3 is 0 Å². The molecule has 7 nitrogen and oxygen atoms in total. The molecule has 122 valence electrons. The predicted molar refractivity (Wildman–Crippen MR) is 83.5 cm³/mol. The number of nitrogens with zero attached hydrogens (tertiary/aromatic N) is 3. The maximum atomic E-state index is 11.7. The van der Waals surface area contributed by atoms with Gasteiger partial charge in [0, 0.05) is 25.0 Å². The van der Waals surface area contributed by atoms with Crippen LogP contribution in [-0.2, 0) is 11.3 Å². The lowest BCUT2D eigenvalue weighted by atomic mass is 9.98. The van der Waals surface area contributed by atoms with Crippen LogP contribution in [0.25, 0.3) is 11.5 Å². The smallest absolute Gasteiger partial charge is 0.251 e. The Hall–Kier alpha value is -2.41. The van der Waals surface area contributed by atoms with Gasteiger partial charge in [0.05, 0.1) is 12.1 Å². The Morgan fingerprint density at radius 1 is 1.35 bits per heavy atom. The summed E-state index contributed by atoms with van der Waals surface area (Å²) < 4.78 is 5.69. The number of phenols is 1. The maximum absolute atomic E-state index is 11.7. The molecular formula is C16H20N4O3. The highest BCUT2D eigenvalue weighted by atomic mass is 16.4. The van der Waals surface area contributed by atoms with Gasteiger partial charge in [-0.15, -0.1) is 10.2 Å². The zero-order chi connectivity index (χ0) is 16.4. The number of aromatic hydroxyl groups is 1. The molecule has 2 heterocycles. The molecule has 0 radical (unpaired) electrons. The van der Waals surface area contributed by atoms with Crippen molar-refractivity contribution < 1.29 is 14.3 Å². The molecule has 1 aliphatic rings. The van der Waals surface area contributed by atoms with Gasteiger partial charge in [0.1, 0.15) is 5.75 Å². The van der Waals surface area contributed by atoms with Crippen LogP contribution >= 0.6 is 0 Å². The van der Waals surface area contributed by atoms with Crippen molar-refractivity contribution in [2.45, 2.75) is 32.4 Å². The molecule has 0 bridgehead atoms. The molecule has 7 heteroatoms. The highest BCUT2D eigenvalue weighted by Crippen LogP contribution is 2.28. The monoisotopic (exact) mass is 316 g/mol. The van der Waals surface area contributed by atoms with Gasteiger partial charge in [-0.1, -0.05) is 12.1 Å². The molecular weight excluding hydrogens is 296 g/mol. The average molecular weight is 316 g/mol. The third-order valence-electron chi connectivity index (χ3n) is 4.08. The van der Waals surface area contributed by atoms with E-state index in [9.17, 15) is 9.90 Å². The summed E-state index contributed by atoms with van der Waals surface area (Å²) in [6, 6.07) is 6.84. The van der Waals surface area contributed by atoms with E-state index < -0.39 is 0 Å². The number of carbonyl (C=O) groups excluding carboxylic acids is 1. The first-order chi connectivity index (χ1) is 11.0. The minimum Gasteiger partial charge on any atom is -0.507 e. The minimum atomic E-state index is -0.288. The summed E-state index contributed by atoms with van der Waals surface area (Å²) in [4.78, 5) is 13.9. The second-order valence-corrected chi connectivity index (χ2v) is 6.28. The van der Waals surface area contributed by atoms with E-state index in [0.717, 1.165) is 0 Å². The van der Waals surface area contributed by atoms with Crippen LogP contribution in [0.4, 0.5) is 0 Å². The van der Waals surface area contributed by atoms with E-state index >= 15 is 0 Å². The number of rotatable bonds is 3. The molecule has 1 saturated heterocycles. The van der Waals surface area contributed by atoms with Crippen molar-refractivity contribution in [1.82, 2.24) is 20.4 Å². The van der Waals surface area contributed by atoms with E-state index in [1.807, 2.05) is 13.8 Å². The van der Waals surface area contributed by atoms with Crippen molar-refractivity contribution in [2.24, 2.45) is 0 Å². The lowest BCUT2D eigenvalue weighted by molar-refractivity contribution is -0.122. The van der Waals surface area contributed by atoms with E-state index in [2.05, 4.69) is 20.4 Å². The second-order valence-electron chi connectivity index (χ2n) is 6.28. The lowest BCUT2D eigenvalue weighted by Crippen LogP contribution is -2.44. The first-order valence-electron chi connectivity index (χ1n) is 7.58. The number of phenolic OH excluding ortho intramolecular Hbond substituents is 1. The number of hydrogen-bond acceptors (Lipinski definition) is 6. The zero-order valence-corrected chi connectivity index (χ0v) is 13.2. The normalized spacial score (nSPS) is 18.4. The van der Waals surface area contributed by atoms with Crippen molar-refractivity contribution in [3.8, 4) is 17.2 Å². The van der Waals surface area contributed by atoms with Gasteiger partial charge in [0.25, 0.3) is 5.89 Å². The van der Waals surface area contributed by atoms with Gasteiger partial charge in [0.15, 0.2) is 0 Å². The van der Waals surface area contributed by atoms with Crippen LogP contribution in [0.1, 0.15) is 26.2 Å². The largest absolute Gasteiger partial charge is 0.507 e. The number of para-hydroxylation sites is 1. The average Bonchev–Trinajstić information content (AvgIpc) is 2.89. The van der Waals surface area contributed by atoms with E-state index in [1.165, 1.54) is 0 Å². The Kier molecular flexibility index (Phi) is 4.04. The van der Waals surface area contributed by atoms with Crippen LogP contribution in [-0.4, -0.2) is 44.7 Å². The predicted octanol–water partition coefficient (Wildman–Crippen LogP) is 1.54. The van der Waals surface area contributed by atoms with Crippen LogP contribution in [0.15, 0.2) is 28.7 Å². The number of carbonyl (C=O) groups is 1.